The summed E-state index contributed by atoms with van der Waals surface area (Å²) < 4.78 is 12.0. The highest BCUT2D eigenvalue weighted by Gasteiger charge is 2.88. The minimum Gasteiger partial charge on any atom is -0.458 e. The van der Waals surface area contributed by atoms with Crippen molar-refractivity contribution in [3.8, 4) is 0 Å². The second kappa shape index (κ2) is 4.99. The number of anilines is 1. The molecule has 1 aromatic rings. The van der Waals surface area contributed by atoms with Gasteiger partial charge < -0.3 is 19.5 Å². The molecular formula is C22H26N2O4. The molecule has 6 atom stereocenters. The predicted molar refractivity (Wildman–Crippen MR) is 103 cm³/mol. The van der Waals surface area contributed by atoms with E-state index in [1.54, 1.807) is 0 Å². The van der Waals surface area contributed by atoms with E-state index in [-0.39, 0.29) is 18.0 Å². The lowest BCUT2D eigenvalue weighted by atomic mass is 9.42. The molecule has 0 radical (unpaired) electrons. The van der Waals surface area contributed by atoms with Crippen molar-refractivity contribution in [3.63, 3.8) is 0 Å². The van der Waals surface area contributed by atoms with Gasteiger partial charge in [0, 0.05) is 25.2 Å². The van der Waals surface area contributed by atoms with Crippen LogP contribution >= 0.6 is 0 Å². The van der Waals surface area contributed by atoms with E-state index in [1.807, 2.05) is 19.1 Å². The quantitative estimate of drug-likeness (QED) is 0.544. The number of hydrogen-bond acceptors (Lipinski definition) is 6. The van der Waals surface area contributed by atoms with Crippen molar-refractivity contribution in [1.29, 1.82) is 0 Å². The van der Waals surface area contributed by atoms with E-state index in [0.29, 0.717) is 6.61 Å². The number of ether oxygens (including phenoxy) is 2. The van der Waals surface area contributed by atoms with E-state index >= 15 is 0 Å². The molecule has 7 rings (SSSR count). The van der Waals surface area contributed by atoms with Crippen LogP contribution in [0.15, 0.2) is 35.9 Å². The highest BCUT2D eigenvalue weighted by Crippen LogP contribution is 2.76. The zero-order chi connectivity index (χ0) is 19.5. The van der Waals surface area contributed by atoms with E-state index in [0.717, 1.165) is 36.2 Å². The summed E-state index contributed by atoms with van der Waals surface area (Å²) in [6, 6.07) is 8.35. The van der Waals surface area contributed by atoms with E-state index < -0.39 is 22.8 Å². The van der Waals surface area contributed by atoms with Gasteiger partial charge in [-0.15, -0.1) is 0 Å². The Hall–Kier alpha value is -1.89. The lowest BCUT2D eigenvalue weighted by Gasteiger charge is -2.69. The number of fused-ring (bicyclic) bond motifs is 2. The maximum atomic E-state index is 13.7. The van der Waals surface area contributed by atoms with Crippen LogP contribution in [0.25, 0.3) is 0 Å². The highest BCUT2D eigenvalue weighted by atomic mass is 16.6. The Kier molecular flexibility index (Phi) is 3.03. The van der Waals surface area contributed by atoms with Gasteiger partial charge in [0.05, 0.1) is 12.0 Å². The molecular weight excluding hydrogens is 356 g/mol. The second-order valence-corrected chi connectivity index (χ2v) is 8.96. The molecule has 1 aromatic carbocycles. The van der Waals surface area contributed by atoms with Crippen molar-refractivity contribution in [2.24, 2.45) is 11.3 Å². The van der Waals surface area contributed by atoms with Crippen LogP contribution in [0.5, 0.6) is 0 Å². The minimum absolute atomic E-state index is 0.0633. The van der Waals surface area contributed by atoms with Gasteiger partial charge in [0.25, 0.3) is 0 Å². The maximum absolute atomic E-state index is 13.7. The number of likely N-dealkylation sites (N-methyl/N-ethyl adjacent to an activating group) is 2. The molecule has 6 aliphatic rings. The zero-order valence-electron chi connectivity index (χ0n) is 16.5. The minimum atomic E-state index is -1.18. The third-order valence-corrected chi connectivity index (χ3v) is 8.63. The van der Waals surface area contributed by atoms with Crippen LogP contribution in [0.1, 0.15) is 25.3 Å². The number of esters is 1. The van der Waals surface area contributed by atoms with Crippen LogP contribution in [0.2, 0.25) is 0 Å². The Labute approximate surface area is 164 Å². The molecule has 0 aromatic heterocycles. The van der Waals surface area contributed by atoms with Crippen LogP contribution in [-0.4, -0.2) is 61.3 Å². The predicted octanol–water partition coefficient (Wildman–Crippen LogP) is 1.63. The van der Waals surface area contributed by atoms with Crippen LogP contribution in [0.3, 0.4) is 0 Å². The average Bonchev–Trinajstić information content (AvgIpc) is 3.16. The fourth-order valence-electron chi connectivity index (χ4n) is 7.83. The van der Waals surface area contributed by atoms with Gasteiger partial charge in [0.1, 0.15) is 17.2 Å². The first-order valence-electron chi connectivity index (χ1n) is 10.2. The van der Waals surface area contributed by atoms with Crippen LogP contribution in [0, 0.1) is 11.3 Å². The molecule has 1 aliphatic carbocycles. The fourth-order valence-corrected chi connectivity index (χ4v) is 7.83. The monoisotopic (exact) mass is 382 g/mol. The molecule has 2 bridgehead atoms. The summed E-state index contributed by atoms with van der Waals surface area (Å²) in [6.07, 6.45) is 2.14. The molecule has 6 heteroatoms. The summed E-state index contributed by atoms with van der Waals surface area (Å²) in [4.78, 5) is 18.3. The number of hydrogen-bond donors (Lipinski definition) is 1. The zero-order valence-corrected chi connectivity index (χ0v) is 16.5. The maximum Gasteiger partial charge on any atom is 0.319 e. The van der Waals surface area contributed by atoms with Gasteiger partial charge in [-0.1, -0.05) is 24.3 Å². The summed E-state index contributed by atoms with van der Waals surface area (Å²) in [5.41, 5.74) is 1.17. The molecule has 6 nitrogen and oxygen atoms in total. The number of aliphatic hydroxyl groups excluding tert-OH is 1. The number of carbonyl (C=O) groups excluding carboxylic acids is 1. The molecule has 5 fully saturated rings. The molecule has 5 heterocycles. The van der Waals surface area contributed by atoms with Gasteiger partial charge in [-0.25, -0.2) is 0 Å². The lowest BCUT2D eigenvalue weighted by molar-refractivity contribution is -0.304. The first-order chi connectivity index (χ1) is 13.5. The van der Waals surface area contributed by atoms with Crippen molar-refractivity contribution in [2.75, 3.05) is 32.1 Å². The Morgan fingerprint density at radius 2 is 2.07 bits per heavy atom. The Bertz CT molecular complexity index is 931. The SMILES string of the molecule is C/C=C1\CO[C@@H](O)[C@]23C(=O)O[C@H](C[C@@H]12)[C@]12N(C)CC[C@]31c1ccccc1N2C. The number of benzene rings is 1. The highest BCUT2D eigenvalue weighted by molar-refractivity contribution is 5.89. The number of rotatable bonds is 0. The second-order valence-electron chi connectivity index (χ2n) is 8.96. The van der Waals surface area contributed by atoms with Crippen molar-refractivity contribution in [3.05, 3.63) is 41.5 Å². The molecule has 0 unspecified atom stereocenters. The smallest absolute Gasteiger partial charge is 0.319 e. The summed E-state index contributed by atoms with van der Waals surface area (Å²) >= 11 is 0. The molecule has 4 saturated heterocycles. The van der Waals surface area contributed by atoms with Crippen LogP contribution in [0.4, 0.5) is 5.69 Å². The van der Waals surface area contributed by atoms with Crippen LogP contribution in [-0.2, 0) is 19.7 Å². The fraction of sp³-hybridized carbons (Fsp3) is 0.591. The van der Waals surface area contributed by atoms with Gasteiger partial charge in [0.15, 0.2) is 6.29 Å². The normalized spacial score (nSPS) is 47.6. The number of likely N-dealkylation sites (tertiary alicyclic amines) is 1. The number of nitrogens with zero attached hydrogens (tertiary/aromatic N) is 2. The molecule has 148 valence electrons. The van der Waals surface area contributed by atoms with Crippen LogP contribution < -0.4 is 4.90 Å². The number of allylic oxidation sites excluding steroid dienone is 1. The largest absolute Gasteiger partial charge is 0.458 e. The standard InChI is InChI=1S/C22H26N2O4/c1-4-13-12-27-18(25)21-15(13)11-17(28-19(21)26)22-20(21,9-10-23(22)2)14-7-5-6-8-16(14)24(22)3/h4-8,15,17-18,25H,9-12H2,1-3H3/b13-4+/t15-,17+,18+,20-,21-,22+/m0/s1. The summed E-state index contributed by atoms with van der Waals surface area (Å²) in [6.45, 7) is 3.22. The van der Waals surface area contributed by atoms with E-state index in [1.165, 1.54) is 0 Å². The molecule has 0 amide bonds. The number of carbonyl (C=O) groups is 1. The molecule has 1 saturated carbocycles. The van der Waals surface area contributed by atoms with Crippen molar-refractivity contribution in [2.45, 2.75) is 43.2 Å². The molecule has 1 spiro atoms. The topological polar surface area (TPSA) is 62.2 Å². The number of para-hydroxylation sites is 1. The van der Waals surface area contributed by atoms with Crippen molar-refractivity contribution in [1.82, 2.24) is 4.90 Å². The lowest BCUT2D eigenvalue weighted by Crippen LogP contribution is -2.85. The Balaban J connectivity index is 1.76. The molecule has 28 heavy (non-hydrogen) atoms. The van der Waals surface area contributed by atoms with Gasteiger partial charge in [-0.3, -0.25) is 9.69 Å². The van der Waals surface area contributed by atoms with Gasteiger partial charge in [-0.2, -0.15) is 0 Å². The third-order valence-electron chi connectivity index (χ3n) is 8.63. The Morgan fingerprint density at radius 1 is 1.29 bits per heavy atom. The number of aliphatic hydroxyl groups is 1. The average molecular weight is 382 g/mol. The van der Waals surface area contributed by atoms with E-state index in [4.69, 9.17) is 9.47 Å². The first kappa shape index (κ1) is 17.0. The van der Waals surface area contributed by atoms with Gasteiger partial charge >= 0.3 is 5.97 Å². The van der Waals surface area contributed by atoms with Crippen molar-refractivity contribution < 1.29 is 19.4 Å². The van der Waals surface area contributed by atoms with Gasteiger partial charge in [0.2, 0.25) is 0 Å². The summed E-state index contributed by atoms with van der Waals surface area (Å²) in [5.74, 6) is -0.358. The first-order valence-corrected chi connectivity index (χ1v) is 10.2. The van der Waals surface area contributed by atoms with E-state index in [9.17, 15) is 9.90 Å². The summed E-state index contributed by atoms with van der Waals surface area (Å²) in [7, 11) is 4.23. The van der Waals surface area contributed by atoms with Crippen molar-refractivity contribution >= 4 is 11.7 Å². The summed E-state index contributed by atoms with van der Waals surface area (Å²) in [5, 5.41) is 11.4. The molecule has 5 aliphatic heterocycles. The third kappa shape index (κ3) is 1.34. The van der Waals surface area contributed by atoms with E-state index in [2.05, 4.69) is 42.1 Å². The Morgan fingerprint density at radius 3 is 2.86 bits per heavy atom. The molecule has 1 N–H and O–H groups in total. The van der Waals surface area contributed by atoms with Gasteiger partial charge in [-0.05, 0) is 44.0 Å².